The van der Waals surface area contributed by atoms with Gasteiger partial charge < -0.3 is 5.73 Å². The summed E-state index contributed by atoms with van der Waals surface area (Å²) in [4.78, 5) is 5.59. The molecule has 2 heteroatoms. The van der Waals surface area contributed by atoms with Crippen LogP contribution in [0.5, 0.6) is 0 Å². The highest BCUT2D eigenvalue weighted by Crippen LogP contribution is 2.45. The molecule has 1 aromatic heterocycles. The van der Waals surface area contributed by atoms with Gasteiger partial charge in [-0.2, -0.15) is 0 Å². The van der Waals surface area contributed by atoms with E-state index in [1.165, 1.54) is 48.7 Å². The number of nitrogens with two attached hydrogens (primary N) is 1. The van der Waals surface area contributed by atoms with E-state index in [1.807, 2.05) is 12.1 Å². The summed E-state index contributed by atoms with van der Waals surface area (Å²) in [6.07, 6.45) is 0. The summed E-state index contributed by atoms with van der Waals surface area (Å²) in [6, 6.07) is 61.0. The smallest absolute Gasteiger partial charge is 0.0794 e. The van der Waals surface area contributed by atoms with Crippen molar-refractivity contribution in [3.63, 3.8) is 0 Å². The molecule has 2 N–H and O–H groups in total. The normalized spacial score (nSPS) is 11.8. The summed E-state index contributed by atoms with van der Waals surface area (Å²) in [5.74, 6) is 0. The van der Waals surface area contributed by atoms with E-state index in [0.29, 0.717) is 0 Å². The van der Waals surface area contributed by atoms with E-state index in [0.717, 1.165) is 55.3 Å². The fourth-order valence-electron chi connectivity index (χ4n) is 7.92. The monoisotopic (exact) mass is 622 g/mol. The second-order valence-corrected chi connectivity index (χ2v) is 12.9. The quantitative estimate of drug-likeness (QED) is 0.157. The molecule has 2 nitrogen and oxygen atoms in total. The van der Waals surface area contributed by atoms with Gasteiger partial charge in [0.1, 0.15) is 0 Å². The standard InChI is InChI=1S/C47H30N2/c48-45-24-12-11-22-38(45)41-27-44-42(40-25-29-13-1-3-15-31(29)33-17-5-7-19-35(33)40)28-46(49-47(44)39-23-10-9-21-37(39)41)43-26-30-14-2-4-16-32(30)34-18-6-8-20-36(34)43/h1-28H,48H2. The number of benzene rings is 9. The van der Waals surface area contributed by atoms with Gasteiger partial charge in [0.25, 0.3) is 0 Å². The molecule has 1 heterocycles. The first-order valence-corrected chi connectivity index (χ1v) is 16.8. The topological polar surface area (TPSA) is 38.9 Å². The maximum atomic E-state index is 6.66. The van der Waals surface area contributed by atoms with E-state index in [1.54, 1.807) is 0 Å². The van der Waals surface area contributed by atoms with Crippen molar-refractivity contribution in [1.29, 1.82) is 0 Å². The Morgan fingerprint density at radius 3 is 1.37 bits per heavy atom. The molecule has 0 aliphatic carbocycles. The van der Waals surface area contributed by atoms with Gasteiger partial charge in [-0.05, 0) is 95.5 Å². The van der Waals surface area contributed by atoms with Gasteiger partial charge in [0.05, 0.1) is 11.2 Å². The molecule has 10 aromatic rings. The number of nitrogens with zero attached hydrogens (tertiary/aromatic N) is 1. The van der Waals surface area contributed by atoms with E-state index in [-0.39, 0.29) is 0 Å². The highest BCUT2D eigenvalue weighted by Gasteiger charge is 2.20. The van der Waals surface area contributed by atoms with Crippen LogP contribution in [0.1, 0.15) is 0 Å². The minimum atomic E-state index is 0.761. The summed E-state index contributed by atoms with van der Waals surface area (Å²) >= 11 is 0. The van der Waals surface area contributed by atoms with E-state index in [4.69, 9.17) is 10.7 Å². The van der Waals surface area contributed by atoms with Gasteiger partial charge in [0.15, 0.2) is 0 Å². The maximum absolute atomic E-state index is 6.66. The van der Waals surface area contributed by atoms with Crippen LogP contribution < -0.4 is 5.73 Å². The average Bonchev–Trinajstić information content (AvgIpc) is 3.17. The Balaban J connectivity index is 1.41. The van der Waals surface area contributed by atoms with Gasteiger partial charge in [0.2, 0.25) is 0 Å². The number of nitrogen functional groups attached to an aromatic ring is 1. The van der Waals surface area contributed by atoms with E-state index < -0.39 is 0 Å². The van der Waals surface area contributed by atoms with Gasteiger partial charge in [-0.25, -0.2) is 4.98 Å². The first-order chi connectivity index (χ1) is 24.2. The van der Waals surface area contributed by atoms with Crippen molar-refractivity contribution < 1.29 is 0 Å². The van der Waals surface area contributed by atoms with Gasteiger partial charge in [-0.15, -0.1) is 0 Å². The molecule has 9 aromatic carbocycles. The maximum Gasteiger partial charge on any atom is 0.0794 e. The molecule has 0 saturated heterocycles. The predicted molar refractivity (Wildman–Crippen MR) is 210 cm³/mol. The van der Waals surface area contributed by atoms with Crippen molar-refractivity contribution in [3.8, 4) is 33.5 Å². The Morgan fingerprint density at radius 2 is 0.735 bits per heavy atom. The molecule has 0 atom stereocenters. The number of anilines is 1. The van der Waals surface area contributed by atoms with E-state index in [9.17, 15) is 0 Å². The Bertz CT molecular complexity index is 2960. The molecular formula is C47H30N2. The lowest BCUT2D eigenvalue weighted by atomic mass is 9.87. The van der Waals surface area contributed by atoms with Crippen LogP contribution in [0.4, 0.5) is 5.69 Å². The van der Waals surface area contributed by atoms with Gasteiger partial charge in [0, 0.05) is 27.6 Å². The number of hydrogen-bond acceptors (Lipinski definition) is 2. The Kier molecular flexibility index (Phi) is 6.06. The van der Waals surface area contributed by atoms with Gasteiger partial charge in [-0.3, -0.25) is 0 Å². The lowest BCUT2D eigenvalue weighted by Gasteiger charge is -2.19. The number of para-hydroxylation sites is 1. The fraction of sp³-hybridized carbons (Fsp3) is 0. The van der Waals surface area contributed by atoms with Crippen molar-refractivity contribution in [2.75, 3.05) is 5.73 Å². The van der Waals surface area contributed by atoms with Gasteiger partial charge in [-0.1, -0.05) is 140 Å². The minimum Gasteiger partial charge on any atom is -0.398 e. The molecule has 0 bridgehead atoms. The molecule has 0 radical (unpaired) electrons. The van der Waals surface area contributed by atoms with Crippen molar-refractivity contribution >= 4 is 70.5 Å². The second-order valence-electron chi connectivity index (χ2n) is 12.9. The molecule has 0 unspecified atom stereocenters. The molecular weight excluding hydrogens is 593 g/mol. The summed E-state index contributed by atoms with van der Waals surface area (Å²) in [6.45, 7) is 0. The largest absolute Gasteiger partial charge is 0.398 e. The first-order valence-electron chi connectivity index (χ1n) is 16.8. The van der Waals surface area contributed by atoms with Crippen LogP contribution >= 0.6 is 0 Å². The third-order valence-electron chi connectivity index (χ3n) is 10.2. The van der Waals surface area contributed by atoms with Crippen LogP contribution in [0.3, 0.4) is 0 Å². The van der Waals surface area contributed by atoms with Crippen molar-refractivity contribution in [2.45, 2.75) is 0 Å². The van der Waals surface area contributed by atoms with Crippen LogP contribution in [-0.4, -0.2) is 4.98 Å². The molecule has 10 rings (SSSR count). The SMILES string of the molecule is Nc1ccccc1-c1cc2c(-c3cc4ccccc4c4ccccc34)cc(-c3cc4ccccc4c4ccccc34)nc2c2ccccc12. The second kappa shape index (κ2) is 10.8. The summed E-state index contributed by atoms with van der Waals surface area (Å²) in [7, 11) is 0. The predicted octanol–water partition coefficient (Wildman–Crippen LogP) is 12.6. The Labute approximate surface area is 283 Å². The Morgan fingerprint density at radius 1 is 0.306 bits per heavy atom. The highest BCUT2D eigenvalue weighted by molar-refractivity contribution is 6.22. The fourth-order valence-corrected chi connectivity index (χ4v) is 7.92. The molecule has 0 aliphatic heterocycles. The summed E-state index contributed by atoms with van der Waals surface area (Å²) < 4.78 is 0. The summed E-state index contributed by atoms with van der Waals surface area (Å²) in [5, 5.41) is 13.2. The van der Waals surface area contributed by atoms with Crippen molar-refractivity contribution in [1.82, 2.24) is 4.98 Å². The van der Waals surface area contributed by atoms with Crippen LogP contribution in [0.2, 0.25) is 0 Å². The van der Waals surface area contributed by atoms with Gasteiger partial charge >= 0.3 is 0 Å². The number of hydrogen-bond donors (Lipinski definition) is 1. The molecule has 0 saturated carbocycles. The zero-order valence-corrected chi connectivity index (χ0v) is 26.7. The number of rotatable bonds is 3. The zero-order valence-electron chi connectivity index (χ0n) is 26.7. The van der Waals surface area contributed by atoms with Crippen molar-refractivity contribution in [3.05, 3.63) is 170 Å². The number of aromatic nitrogens is 1. The number of fused-ring (bicyclic) bond motifs is 9. The first kappa shape index (κ1) is 27.6. The molecule has 49 heavy (non-hydrogen) atoms. The third kappa shape index (κ3) is 4.24. The van der Waals surface area contributed by atoms with Crippen LogP contribution in [0.15, 0.2) is 170 Å². The molecule has 228 valence electrons. The van der Waals surface area contributed by atoms with Crippen molar-refractivity contribution in [2.24, 2.45) is 0 Å². The van der Waals surface area contributed by atoms with Crippen LogP contribution in [0.25, 0.3) is 98.3 Å². The molecule has 0 aliphatic rings. The lowest BCUT2D eigenvalue weighted by molar-refractivity contribution is 1.42. The molecule has 0 amide bonds. The average molecular weight is 623 g/mol. The molecule has 0 fully saturated rings. The molecule has 0 spiro atoms. The van der Waals surface area contributed by atoms with Crippen LogP contribution in [-0.2, 0) is 0 Å². The summed E-state index contributed by atoms with van der Waals surface area (Å²) in [5.41, 5.74) is 15.0. The minimum absolute atomic E-state index is 0.761. The lowest BCUT2D eigenvalue weighted by Crippen LogP contribution is -1.96. The van der Waals surface area contributed by atoms with E-state index in [2.05, 4.69) is 158 Å². The third-order valence-corrected chi connectivity index (χ3v) is 10.2. The highest BCUT2D eigenvalue weighted by atomic mass is 14.7. The van der Waals surface area contributed by atoms with E-state index >= 15 is 0 Å². The Hall–Kier alpha value is -6.51. The number of pyridine rings is 1. The van der Waals surface area contributed by atoms with Crippen LogP contribution in [0, 0.1) is 0 Å². The zero-order chi connectivity index (χ0) is 32.5.